The SMILES string of the molecule is COCCN1CCN(S(C)(=O)=O)Cc2ccc(C)nc21. The van der Waals surface area contributed by atoms with Crippen molar-refractivity contribution in [2.24, 2.45) is 0 Å². The zero-order chi connectivity index (χ0) is 14.8. The molecule has 0 N–H and O–H groups in total. The van der Waals surface area contributed by atoms with Crippen LogP contribution in [0.3, 0.4) is 0 Å². The molecule has 0 radical (unpaired) electrons. The van der Waals surface area contributed by atoms with Crippen molar-refractivity contribution in [3.05, 3.63) is 23.4 Å². The molecule has 0 aromatic carbocycles. The van der Waals surface area contributed by atoms with E-state index in [1.54, 1.807) is 7.11 Å². The summed E-state index contributed by atoms with van der Waals surface area (Å²) in [6.07, 6.45) is 1.25. The first-order chi connectivity index (χ1) is 9.41. The van der Waals surface area contributed by atoms with Gasteiger partial charge in [-0.15, -0.1) is 0 Å². The van der Waals surface area contributed by atoms with Crippen LogP contribution in [-0.4, -0.2) is 57.3 Å². The van der Waals surface area contributed by atoms with E-state index in [0.29, 0.717) is 32.8 Å². The van der Waals surface area contributed by atoms with Crippen LogP contribution < -0.4 is 4.90 Å². The van der Waals surface area contributed by atoms with Crippen LogP contribution in [-0.2, 0) is 21.3 Å². The van der Waals surface area contributed by atoms with Crippen molar-refractivity contribution in [1.82, 2.24) is 9.29 Å². The second-order valence-electron chi connectivity index (χ2n) is 5.01. The van der Waals surface area contributed by atoms with E-state index in [1.165, 1.54) is 10.6 Å². The summed E-state index contributed by atoms with van der Waals surface area (Å²) in [5.74, 6) is 0.869. The predicted molar refractivity (Wildman–Crippen MR) is 78.3 cm³/mol. The number of anilines is 1. The molecule has 0 aliphatic carbocycles. The molecule has 0 saturated heterocycles. The molecular formula is C13H21N3O3S. The van der Waals surface area contributed by atoms with Gasteiger partial charge in [-0.25, -0.2) is 13.4 Å². The lowest BCUT2D eigenvalue weighted by Crippen LogP contribution is -2.36. The molecule has 2 rings (SSSR count). The van der Waals surface area contributed by atoms with Gasteiger partial charge in [-0.1, -0.05) is 6.07 Å². The molecule has 0 saturated carbocycles. The summed E-state index contributed by atoms with van der Waals surface area (Å²) in [4.78, 5) is 6.67. The minimum absolute atomic E-state index is 0.380. The largest absolute Gasteiger partial charge is 0.383 e. The lowest BCUT2D eigenvalue weighted by Gasteiger charge is -2.23. The van der Waals surface area contributed by atoms with E-state index in [1.807, 2.05) is 19.1 Å². The Labute approximate surface area is 120 Å². The number of nitrogens with zero attached hydrogens (tertiary/aromatic N) is 3. The molecule has 112 valence electrons. The molecule has 0 spiro atoms. The Kier molecular flexibility index (Phi) is 4.62. The van der Waals surface area contributed by atoms with Crippen LogP contribution in [0.1, 0.15) is 11.3 Å². The van der Waals surface area contributed by atoms with Gasteiger partial charge in [-0.05, 0) is 13.0 Å². The molecule has 0 bridgehead atoms. The van der Waals surface area contributed by atoms with Gasteiger partial charge in [0, 0.05) is 44.5 Å². The van der Waals surface area contributed by atoms with Crippen molar-refractivity contribution < 1.29 is 13.2 Å². The standard InChI is InChI=1S/C13H21N3O3S/c1-11-4-5-12-10-16(20(3,17)18)7-6-15(8-9-19-2)13(12)14-11/h4-5H,6-10H2,1-3H3. The lowest BCUT2D eigenvalue weighted by atomic mass is 10.2. The Hall–Kier alpha value is -1.18. The van der Waals surface area contributed by atoms with E-state index >= 15 is 0 Å². The number of hydrogen-bond acceptors (Lipinski definition) is 5. The maximum absolute atomic E-state index is 11.8. The fourth-order valence-corrected chi connectivity index (χ4v) is 3.07. The molecule has 0 atom stereocenters. The molecule has 2 heterocycles. The second-order valence-corrected chi connectivity index (χ2v) is 6.99. The number of fused-ring (bicyclic) bond motifs is 1. The molecule has 1 aliphatic rings. The van der Waals surface area contributed by atoms with Gasteiger partial charge in [0.2, 0.25) is 10.0 Å². The third-order valence-corrected chi connectivity index (χ3v) is 4.64. The van der Waals surface area contributed by atoms with Gasteiger partial charge in [-0.3, -0.25) is 0 Å². The Morgan fingerprint density at radius 3 is 2.75 bits per heavy atom. The quantitative estimate of drug-likeness (QED) is 0.815. The molecular weight excluding hydrogens is 278 g/mol. The normalized spacial score (nSPS) is 16.9. The average Bonchev–Trinajstić information content (AvgIpc) is 2.55. The smallest absolute Gasteiger partial charge is 0.211 e. The van der Waals surface area contributed by atoms with E-state index < -0.39 is 10.0 Å². The molecule has 20 heavy (non-hydrogen) atoms. The van der Waals surface area contributed by atoms with Gasteiger partial charge in [0.05, 0.1) is 12.9 Å². The van der Waals surface area contributed by atoms with Gasteiger partial charge < -0.3 is 9.64 Å². The summed E-state index contributed by atoms with van der Waals surface area (Å²) in [7, 11) is -1.54. The summed E-state index contributed by atoms with van der Waals surface area (Å²) in [6.45, 7) is 4.71. The Bertz CT molecular complexity index is 574. The van der Waals surface area contributed by atoms with Crippen LogP contribution in [0.25, 0.3) is 0 Å². The van der Waals surface area contributed by atoms with Crippen LogP contribution in [0.15, 0.2) is 12.1 Å². The van der Waals surface area contributed by atoms with Crippen molar-refractivity contribution in [3.8, 4) is 0 Å². The summed E-state index contributed by atoms with van der Waals surface area (Å²) in [5.41, 5.74) is 1.87. The third kappa shape index (κ3) is 3.47. The molecule has 6 nitrogen and oxygen atoms in total. The van der Waals surface area contributed by atoms with Crippen molar-refractivity contribution in [2.45, 2.75) is 13.5 Å². The number of methoxy groups -OCH3 is 1. The Morgan fingerprint density at radius 2 is 2.10 bits per heavy atom. The number of aryl methyl sites for hydroxylation is 1. The first kappa shape index (κ1) is 15.2. The van der Waals surface area contributed by atoms with E-state index in [-0.39, 0.29) is 0 Å². The summed E-state index contributed by atoms with van der Waals surface area (Å²) >= 11 is 0. The number of rotatable bonds is 4. The van der Waals surface area contributed by atoms with Gasteiger partial charge in [0.1, 0.15) is 5.82 Å². The second kappa shape index (κ2) is 6.07. The highest BCUT2D eigenvalue weighted by molar-refractivity contribution is 7.88. The maximum atomic E-state index is 11.8. The zero-order valence-electron chi connectivity index (χ0n) is 12.2. The number of ether oxygens (including phenoxy) is 1. The topological polar surface area (TPSA) is 62.7 Å². The minimum Gasteiger partial charge on any atom is -0.383 e. The molecule has 0 fully saturated rings. The van der Waals surface area contributed by atoms with E-state index in [2.05, 4.69) is 9.88 Å². The first-order valence-electron chi connectivity index (χ1n) is 6.57. The zero-order valence-corrected chi connectivity index (χ0v) is 13.0. The van der Waals surface area contributed by atoms with E-state index in [4.69, 9.17) is 4.74 Å². The highest BCUT2D eigenvalue weighted by Crippen LogP contribution is 2.24. The van der Waals surface area contributed by atoms with Gasteiger partial charge in [0.15, 0.2) is 0 Å². The number of sulfonamides is 1. The molecule has 1 aromatic rings. The monoisotopic (exact) mass is 299 g/mol. The van der Waals surface area contributed by atoms with E-state index in [0.717, 1.165) is 17.1 Å². The highest BCUT2D eigenvalue weighted by atomic mass is 32.2. The minimum atomic E-state index is -3.20. The lowest BCUT2D eigenvalue weighted by molar-refractivity contribution is 0.205. The fraction of sp³-hybridized carbons (Fsp3) is 0.615. The van der Waals surface area contributed by atoms with Crippen LogP contribution in [0.2, 0.25) is 0 Å². The van der Waals surface area contributed by atoms with Crippen LogP contribution in [0.4, 0.5) is 5.82 Å². The van der Waals surface area contributed by atoms with Gasteiger partial charge in [0.25, 0.3) is 0 Å². The van der Waals surface area contributed by atoms with Crippen LogP contribution in [0.5, 0.6) is 0 Å². The van der Waals surface area contributed by atoms with Crippen molar-refractivity contribution >= 4 is 15.8 Å². The van der Waals surface area contributed by atoms with Crippen molar-refractivity contribution in [3.63, 3.8) is 0 Å². The van der Waals surface area contributed by atoms with Crippen LogP contribution >= 0.6 is 0 Å². The maximum Gasteiger partial charge on any atom is 0.211 e. The molecule has 0 amide bonds. The Balaban J connectivity index is 2.35. The first-order valence-corrected chi connectivity index (χ1v) is 8.42. The number of hydrogen-bond donors (Lipinski definition) is 0. The average molecular weight is 299 g/mol. The number of aromatic nitrogens is 1. The highest BCUT2D eigenvalue weighted by Gasteiger charge is 2.25. The fourth-order valence-electron chi connectivity index (χ4n) is 2.28. The molecule has 1 aromatic heterocycles. The van der Waals surface area contributed by atoms with Crippen molar-refractivity contribution in [2.75, 3.05) is 44.5 Å². The molecule has 7 heteroatoms. The Morgan fingerprint density at radius 1 is 1.35 bits per heavy atom. The summed E-state index contributed by atoms with van der Waals surface area (Å²) in [6, 6.07) is 3.88. The molecule has 0 unspecified atom stereocenters. The summed E-state index contributed by atoms with van der Waals surface area (Å²) < 4.78 is 30.2. The third-order valence-electron chi connectivity index (χ3n) is 3.40. The van der Waals surface area contributed by atoms with E-state index in [9.17, 15) is 8.42 Å². The molecule has 1 aliphatic heterocycles. The summed E-state index contributed by atoms with van der Waals surface area (Å²) in [5, 5.41) is 0. The van der Waals surface area contributed by atoms with Gasteiger partial charge in [-0.2, -0.15) is 4.31 Å². The number of pyridine rings is 1. The van der Waals surface area contributed by atoms with Crippen molar-refractivity contribution in [1.29, 1.82) is 0 Å². The van der Waals surface area contributed by atoms with Crippen LogP contribution in [0, 0.1) is 6.92 Å². The predicted octanol–water partition coefficient (Wildman–Crippen LogP) is 0.618. The van der Waals surface area contributed by atoms with Gasteiger partial charge >= 0.3 is 0 Å².